The lowest BCUT2D eigenvalue weighted by Gasteiger charge is -2.21. The van der Waals surface area contributed by atoms with Crippen molar-refractivity contribution in [3.8, 4) is 23.0 Å². The normalized spacial score (nSPS) is 12.1. The zero-order valence-corrected chi connectivity index (χ0v) is 18.3. The zero-order valence-electron chi connectivity index (χ0n) is 17.5. The standard InChI is InChI=1S/C21H21ClN4O6/c1-21(2,3)31-20(29)24-15(19(27)28)10-17-25-18(26-32-17)12-5-4-6-14(9-12)30-16-8-7-13(22)11-23-16/h4-9,11,15H,10H2,1-3H3,(H,24,29)(H,27,28). The van der Waals surface area contributed by atoms with Crippen LogP contribution in [0, 0.1) is 0 Å². The third-order valence-electron chi connectivity index (χ3n) is 3.85. The van der Waals surface area contributed by atoms with E-state index in [0.717, 1.165) is 0 Å². The summed E-state index contributed by atoms with van der Waals surface area (Å²) in [6, 6.07) is 8.87. The number of hydrogen-bond acceptors (Lipinski definition) is 8. The van der Waals surface area contributed by atoms with Crippen LogP contribution in [0.15, 0.2) is 47.1 Å². The van der Waals surface area contributed by atoms with Crippen LogP contribution in [0.5, 0.6) is 11.6 Å². The molecule has 0 spiro atoms. The van der Waals surface area contributed by atoms with Gasteiger partial charge in [0.2, 0.25) is 17.6 Å². The van der Waals surface area contributed by atoms with Crippen LogP contribution in [-0.2, 0) is 16.0 Å². The van der Waals surface area contributed by atoms with E-state index < -0.39 is 23.7 Å². The molecule has 0 aliphatic carbocycles. The van der Waals surface area contributed by atoms with E-state index in [1.165, 1.54) is 6.20 Å². The van der Waals surface area contributed by atoms with E-state index in [-0.39, 0.29) is 18.1 Å². The van der Waals surface area contributed by atoms with Gasteiger partial charge in [-0.2, -0.15) is 4.98 Å². The molecular weight excluding hydrogens is 440 g/mol. The number of carboxylic acid groups (broad SMARTS) is 1. The number of alkyl carbamates (subject to hydrolysis) is 1. The number of ether oxygens (including phenoxy) is 2. The van der Waals surface area contributed by atoms with Gasteiger partial charge in [-0.3, -0.25) is 0 Å². The fraction of sp³-hybridized carbons (Fsp3) is 0.286. The monoisotopic (exact) mass is 460 g/mol. The van der Waals surface area contributed by atoms with Crippen LogP contribution in [0.4, 0.5) is 4.79 Å². The Morgan fingerprint density at radius 2 is 2.03 bits per heavy atom. The Labute approximate surface area is 188 Å². The molecule has 0 saturated carbocycles. The number of nitrogens with zero attached hydrogens (tertiary/aromatic N) is 3. The Bertz CT molecular complexity index is 1090. The highest BCUT2D eigenvalue weighted by Crippen LogP contribution is 2.25. The van der Waals surface area contributed by atoms with E-state index in [1.54, 1.807) is 57.2 Å². The van der Waals surface area contributed by atoms with Crippen molar-refractivity contribution >= 4 is 23.7 Å². The van der Waals surface area contributed by atoms with E-state index in [1.807, 2.05) is 0 Å². The molecule has 1 amide bonds. The summed E-state index contributed by atoms with van der Waals surface area (Å²) in [6.45, 7) is 5.02. The zero-order chi connectivity index (χ0) is 23.3. The molecule has 2 N–H and O–H groups in total. The Balaban J connectivity index is 1.69. The summed E-state index contributed by atoms with van der Waals surface area (Å²) in [7, 11) is 0. The Morgan fingerprint density at radius 3 is 2.69 bits per heavy atom. The van der Waals surface area contributed by atoms with Crippen LogP contribution in [0.1, 0.15) is 26.7 Å². The number of aromatic nitrogens is 3. The molecule has 168 valence electrons. The maximum Gasteiger partial charge on any atom is 0.408 e. The van der Waals surface area contributed by atoms with Gasteiger partial charge in [-0.05, 0) is 39.0 Å². The second-order valence-corrected chi connectivity index (χ2v) is 8.13. The lowest BCUT2D eigenvalue weighted by Crippen LogP contribution is -2.44. The summed E-state index contributed by atoms with van der Waals surface area (Å²) in [5.74, 6) is -0.150. The van der Waals surface area contributed by atoms with Crippen LogP contribution in [-0.4, -0.2) is 43.9 Å². The van der Waals surface area contributed by atoms with Crippen molar-refractivity contribution in [2.75, 3.05) is 0 Å². The number of benzene rings is 1. The smallest absolute Gasteiger partial charge is 0.408 e. The molecule has 0 radical (unpaired) electrons. The highest BCUT2D eigenvalue weighted by Gasteiger charge is 2.26. The molecule has 2 heterocycles. The van der Waals surface area contributed by atoms with Crippen molar-refractivity contribution in [3.63, 3.8) is 0 Å². The minimum atomic E-state index is -1.30. The first-order chi connectivity index (χ1) is 15.1. The van der Waals surface area contributed by atoms with Gasteiger partial charge in [0.1, 0.15) is 17.4 Å². The van der Waals surface area contributed by atoms with E-state index in [0.29, 0.717) is 22.2 Å². The van der Waals surface area contributed by atoms with E-state index in [9.17, 15) is 14.7 Å². The number of carboxylic acids is 1. The van der Waals surface area contributed by atoms with Crippen molar-refractivity contribution in [1.29, 1.82) is 0 Å². The van der Waals surface area contributed by atoms with Gasteiger partial charge < -0.3 is 24.4 Å². The number of aliphatic carboxylic acids is 1. The minimum absolute atomic E-state index is 0.0362. The number of amides is 1. The molecule has 2 aromatic heterocycles. The largest absolute Gasteiger partial charge is 0.480 e. The molecule has 3 rings (SSSR count). The highest BCUT2D eigenvalue weighted by molar-refractivity contribution is 6.30. The van der Waals surface area contributed by atoms with Crippen LogP contribution >= 0.6 is 11.6 Å². The highest BCUT2D eigenvalue weighted by atomic mass is 35.5. The summed E-state index contributed by atoms with van der Waals surface area (Å²) in [5.41, 5.74) is -0.183. The fourth-order valence-corrected chi connectivity index (χ4v) is 2.63. The number of carbonyl (C=O) groups is 2. The van der Waals surface area contributed by atoms with Crippen LogP contribution < -0.4 is 10.1 Å². The predicted molar refractivity (Wildman–Crippen MR) is 114 cm³/mol. The third kappa shape index (κ3) is 6.67. The molecule has 0 bridgehead atoms. The summed E-state index contributed by atoms with van der Waals surface area (Å²) >= 11 is 5.82. The summed E-state index contributed by atoms with van der Waals surface area (Å²) in [5, 5.41) is 16.1. The van der Waals surface area contributed by atoms with Crippen molar-refractivity contribution < 1.29 is 28.7 Å². The second-order valence-electron chi connectivity index (χ2n) is 7.70. The predicted octanol–water partition coefficient (Wildman–Crippen LogP) is 4.10. The van der Waals surface area contributed by atoms with Crippen molar-refractivity contribution in [3.05, 3.63) is 53.5 Å². The van der Waals surface area contributed by atoms with Gasteiger partial charge in [-0.1, -0.05) is 28.9 Å². The molecule has 0 fully saturated rings. The molecule has 32 heavy (non-hydrogen) atoms. The summed E-state index contributed by atoms with van der Waals surface area (Å²) in [6.07, 6.45) is 0.397. The molecule has 1 aromatic carbocycles. The quantitative estimate of drug-likeness (QED) is 0.533. The number of nitrogens with one attached hydrogen (secondary N) is 1. The number of pyridine rings is 1. The molecular formula is C21H21ClN4O6. The number of carbonyl (C=O) groups excluding carboxylic acids is 1. The first kappa shape index (κ1) is 23.0. The summed E-state index contributed by atoms with van der Waals surface area (Å²) in [4.78, 5) is 31.7. The molecule has 11 heteroatoms. The van der Waals surface area contributed by atoms with Gasteiger partial charge in [0.15, 0.2) is 0 Å². The first-order valence-electron chi connectivity index (χ1n) is 9.54. The molecule has 0 aliphatic rings. The molecule has 1 atom stereocenters. The van der Waals surface area contributed by atoms with Gasteiger partial charge in [-0.25, -0.2) is 14.6 Å². The van der Waals surface area contributed by atoms with Crippen LogP contribution in [0.2, 0.25) is 5.02 Å². The lowest BCUT2D eigenvalue weighted by molar-refractivity contribution is -0.139. The maximum absolute atomic E-state index is 11.9. The minimum Gasteiger partial charge on any atom is -0.480 e. The van der Waals surface area contributed by atoms with E-state index in [2.05, 4.69) is 20.4 Å². The Kier molecular flexibility index (Phi) is 6.94. The lowest BCUT2D eigenvalue weighted by atomic mass is 10.2. The Morgan fingerprint density at radius 1 is 1.25 bits per heavy atom. The third-order valence-corrected chi connectivity index (χ3v) is 4.07. The summed E-state index contributed by atoms with van der Waals surface area (Å²) < 4.78 is 15.9. The van der Waals surface area contributed by atoms with Crippen LogP contribution in [0.25, 0.3) is 11.4 Å². The van der Waals surface area contributed by atoms with Gasteiger partial charge in [-0.15, -0.1) is 0 Å². The molecule has 10 nitrogen and oxygen atoms in total. The molecule has 0 aliphatic heterocycles. The van der Waals surface area contributed by atoms with Crippen molar-refractivity contribution in [2.45, 2.75) is 38.8 Å². The maximum atomic E-state index is 11.9. The van der Waals surface area contributed by atoms with Crippen molar-refractivity contribution in [2.24, 2.45) is 0 Å². The fourth-order valence-electron chi connectivity index (χ4n) is 2.52. The molecule has 1 unspecified atom stereocenters. The van der Waals surface area contributed by atoms with Gasteiger partial charge >= 0.3 is 12.1 Å². The van der Waals surface area contributed by atoms with Crippen molar-refractivity contribution in [1.82, 2.24) is 20.4 Å². The molecule has 3 aromatic rings. The average molecular weight is 461 g/mol. The van der Waals surface area contributed by atoms with Crippen LogP contribution in [0.3, 0.4) is 0 Å². The van der Waals surface area contributed by atoms with Gasteiger partial charge in [0.05, 0.1) is 11.4 Å². The van der Waals surface area contributed by atoms with Gasteiger partial charge in [0, 0.05) is 17.8 Å². The second kappa shape index (κ2) is 9.65. The van der Waals surface area contributed by atoms with Gasteiger partial charge in [0.25, 0.3) is 0 Å². The first-order valence-corrected chi connectivity index (χ1v) is 9.91. The Hall–Kier alpha value is -3.66. The van der Waals surface area contributed by atoms with E-state index >= 15 is 0 Å². The number of hydrogen-bond donors (Lipinski definition) is 2. The SMILES string of the molecule is CC(C)(C)OC(=O)NC(Cc1nc(-c2cccc(Oc3ccc(Cl)cn3)c2)no1)C(=O)O. The topological polar surface area (TPSA) is 137 Å². The van der Waals surface area contributed by atoms with E-state index in [4.69, 9.17) is 25.6 Å². The number of rotatable bonds is 7. The number of halogens is 1. The molecule has 0 saturated heterocycles. The average Bonchev–Trinajstić information content (AvgIpc) is 3.17.